The molecule has 1 amide bonds. The van der Waals surface area contributed by atoms with Gasteiger partial charge in [-0.25, -0.2) is 0 Å². The highest BCUT2D eigenvalue weighted by molar-refractivity contribution is 9.09. The maximum atomic E-state index is 10.6. The molecule has 1 N–H and O–H groups in total. The predicted molar refractivity (Wildman–Crippen MR) is 45.8 cm³/mol. The summed E-state index contributed by atoms with van der Waals surface area (Å²) in [6, 6.07) is 0. The van der Waals surface area contributed by atoms with Crippen molar-refractivity contribution in [2.45, 2.75) is 26.2 Å². The third-order valence-electron chi connectivity index (χ3n) is 1.09. The lowest BCUT2D eigenvalue weighted by Gasteiger charge is -1.99. The van der Waals surface area contributed by atoms with Crippen molar-refractivity contribution in [1.82, 2.24) is 5.32 Å². The molecular formula is C7H13BrNO. The van der Waals surface area contributed by atoms with E-state index in [0.717, 1.165) is 12.8 Å². The molecule has 0 aliphatic rings. The summed E-state index contributed by atoms with van der Waals surface area (Å²) in [6.07, 6.45) is 3.28. The quantitative estimate of drug-likeness (QED) is 0.541. The van der Waals surface area contributed by atoms with Crippen LogP contribution in [0.15, 0.2) is 0 Å². The normalized spacial score (nSPS) is 9.40. The average molecular weight is 207 g/mol. The first kappa shape index (κ1) is 9.95. The number of carbonyl (C=O) groups excluding carboxylic acids is 1. The van der Waals surface area contributed by atoms with Crippen molar-refractivity contribution in [1.29, 1.82) is 0 Å². The molecule has 59 valence electrons. The average Bonchev–Trinajstić information content (AvgIpc) is 1.98. The number of nitrogens with one attached hydrogen (secondary N) is 1. The highest BCUT2D eigenvalue weighted by Crippen LogP contribution is 1.94. The van der Waals surface area contributed by atoms with Gasteiger partial charge in [-0.2, -0.15) is 0 Å². The predicted octanol–water partition coefficient (Wildman–Crippen LogP) is 1.85. The molecular weight excluding hydrogens is 194 g/mol. The Labute approximate surface area is 70.5 Å². The molecule has 0 fully saturated rings. The zero-order valence-electron chi connectivity index (χ0n) is 6.19. The molecule has 0 bridgehead atoms. The van der Waals surface area contributed by atoms with Gasteiger partial charge in [0.05, 0.1) is 5.33 Å². The minimum atomic E-state index is 0.0242. The maximum Gasteiger partial charge on any atom is 0.230 e. The lowest BCUT2D eigenvalue weighted by molar-refractivity contribution is -0.117. The van der Waals surface area contributed by atoms with Crippen LogP contribution in [0.5, 0.6) is 0 Å². The molecule has 0 unspecified atom stereocenters. The van der Waals surface area contributed by atoms with Crippen LogP contribution >= 0.6 is 15.9 Å². The van der Waals surface area contributed by atoms with Gasteiger partial charge in [-0.15, -0.1) is 0 Å². The van der Waals surface area contributed by atoms with Gasteiger partial charge in [0.15, 0.2) is 0 Å². The van der Waals surface area contributed by atoms with E-state index in [9.17, 15) is 4.79 Å². The minimum Gasteiger partial charge on any atom is -0.351 e. The summed E-state index contributed by atoms with van der Waals surface area (Å²) in [5, 5.41) is 3.04. The van der Waals surface area contributed by atoms with E-state index in [-0.39, 0.29) is 5.91 Å². The van der Waals surface area contributed by atoms with Crippen LogP contribution in [0.3, 0.4) is 0 Å². The Morgan fingerprint density at radius 2 is 2.40 bits per heavy atom. The molecule has 0 aliphatic carbocycles. The molecule has 0 aromatic heterocycles. The maximum absolute atomic E-state index is 10.6. The van der Waals surface area contributed by atoms with Gasteiger partial charge in [0.2, 0.25) is 5.91 Å². The summed E-state index contributed by atoms with van der Waals surface area (Å²) < 4.78 is 0. The fraction of sp³-hybridized carbons (Fsp3) is 0.714. The highest BCUT2D eigenvalue weighted by Gasteiger charge is 1.94. The Bertz CT molecular complexity index is 95.6. The topological polar surface area (TPSA) is 29.1 Å². The fourth-order valence-electron chi connectivity index (χ4n) is 0.531. The molecule has 0 atom stereocenters. The number of carbonyl (C=O) groups is 1. The second-order valence-corrected chi connectivity index (χ2v) is 2.61. The third kappa shape index (κ3) is 6.08. The van der Waals surface area contributed by atoms with E-state index in [0.29, 0.717) is 5.33 Å². The van der Waals surface area contributed by atoms with E-state index in [4.69, 9.17) is 0 Å². The monoisotopic (exact) mass is 206 g/mol. The van der Waals surface area contributed by atoms with Gasteiger partial charge in [-0.05, 0) is 6.42 Å². The summed E-state index contributed by atoms with van der Waals surface area (Å²) in [5.74, 6) is 0.0242. The van der Waals surface area contributed by atoms with Gasteiger partial charge < -0.3 is 5.32 Å². The zero-order chi connectivity index (χ0) is 7.82. The first-order valence-electron chi connectivity index (χ1n) is 3.48. The summed E-state index contributed by atoms with van der Waals surface area (Å²) in [7, 11) is 0. The summed E-state index contributed by atoms with van der Waals surface area (Å²) in [5.41, 5.74) is 0. The van der Waals surface area contributed by atoms with Gasteiger partial charge in [-0.1, -0.05) is 35.7 Å². The van der Waals surface area contributed by atoms with Crippen molar-refractivity contribution < 1.29 is 4.79 Å². The molecule has 0 aromatic carbocycles. The number of halogens is 1. The Morgan fingerprint density at radius 3 is 2.90 bits per heavy atom. The van der Waals surface area contributed by atoms with Crippen molar-refractivity contribution in [3.8, 4) is 0 Å². The summed E-state index contributed by atoms with van der Waals surface area (Å²) in [6.45, 7) is 3.94. The Morgan fingerprint density at radius 1 is 1.70 bits per heavy atom. The van der Waals surface area contributed by atoms with Crippen molar-refractivity contribution in [2.24, 2.45) is 0 Å². The summed E-state index contributed by atoms with van der Waals surface area (Å²) in [4.78, 5) is 10.6. The Balaban J connectivity index is 2.96. The molecule has 0 heterocycles. The smallest absolute Gasteiger partial charge is 0.230 e. The van der Waals surface area contributed by atoms with Gasteiger partial charge >= 0.3 is 0 Å². The SMILES string of the molecule is CCCC[CH]NC(=O)CBr. The molecule has 3 heteroatoms. The van der Waals surface area contributed by atoms with E-state index in [1.54, 1.807) is 0 Å². The van der Waals surface area contributed by atoms with Crippen molar-refractivity contribution in [2.75, 3.05) is 5.33 Å². The molecule has 0 saturated carbocycles. The van der Waals surface area contributed by atoms with Crippen LogP contribution in [0.1, 0.15) is 26.2 Å². The third-order valence-corrected chi connectivity index (χ3v) is 1.60. The van der Waals surface area contributed by atoms with Crippen LogP contribution in [0.4, 0.5) is 0 Å². The van der Waals surface area contributed by atoms with Crippen molar-refractivity contribution in [3.63, 3.8) is 0 Å². The number of alkyl halides is 1. The second-order valence-electron chi connectivity index (χ2n) is 2.05. The lowest BCUT2D eigenvalue weighted by atomic mass is 10.2. The zero-order valence-corrected chi connectivity index (χ0v) is 7.78. The van der Waals surface area contributed by atoms with Crippen LogP contribution in [0, 0.1) is 6.54 Å². The largest absolute Gasteiger partial charge is 0.351 e. The van der Waals surface area contributed by atoms with E-state index in [1.807, 2.05) is 6.54 Å². The van der Waals surface area contributed by atoms with Gasteiger partial charge in [-0.3, -0.25) is 4.79 Å². The number of amides is 1. The van der Waals surface area contributed by atoms with Crippen LogP contribution in [0.2, 0.25) is 0 Å². The summed E-state index contributed by atoms with van der Waals surface area (Å²) >= 11 is 3.05. The molecule has 0 spiro atoms. The lowest BCUT2D eigenvalue weighted by Crippen LogP contribution is -2.21. The van der Waals surface area contributed by atoms with Gasteiger partial charge in [0.1, 0.15) is 0 Å². The number of rotatable bonds is 5. The van der Waals surface area contributed by atoms with E-state index in [1.165, 1.54) is 6.42 Å². The van der Waals surface area contributed by atoms with Crippen molar-refractivity contribution in [3.05, 3.63) is 6.54 Å². The molecule has 2 nitrogen and oxygen atoms in total. The minimum absolute atomic E-state index is 0.0242. The number of hydrogen-bond donors (Lipinski definition) is 1. The van der Waals surface area contributed by atoms with Crippen LogP contribution in [-0.4, -0.2) is 11.2 Å². The van der Waals surface area contributed by atoms with Crippen LogP contribution in [-0.2, 0) is 4.79 Å². The first-order valence-corrected chi connectivity index (χ1v) is 4.60. The molecule has 0 saturated heterocycles. The number of hydrogen-bond acceptors (Lipinski definition) is 1. The van der Waals surface area contributed by atoms with E-state index >= 15 is 0 Å². The Hall–Kier alpha value is -0.0500. The first-order chi connectivity index (χ1) is 4.81. The molecule has 0 rings (SSSR count). The molecule has 0 aromatic rings. The highest BCUT2D eigenvalue weighted by atomic mass is 79.9. The number of unbranched alkanes of at least 4 members (excludes halogenated alkanes) is 2. The van der Waals surface area contributed by atoms with Crippen LogP contribution in [0.25, 0.3) is 0 Å². The molecule has 0 aliphatic heterocycles. The molecule has 1 radical (unpaired) electrons. The standard InChI is InChI=1S/C7H13BrNO/c1-2-3-4-5-9-7(10)6-8/h5H,2-4,6H2,1H3,(H,9,10). The van der Waals surface area contributed by atoms with Crippen LogP contribution < -0.4 is 5.32 Å². The van der Waals surface area contributed by atoms with E-state index in [2.05, 4.69) is 28.2 Å². The molecule has 10 heavy (non-hydrogen) atoms. The van der Waals surface area contributed by atoms with Gasteiger partial charge in [0, 0.05) is 6.54 Å². The van der Waals surface area contributed by atoms with E-state index < -0.39 is 0 Å². The van der Waals surface area contributed by atoms with Crippen molar-refractivity contribution >= 4 is 21.8 Å². The Kier molecular flexibility index (Phi) is 7.03. The van der Waals surface area contributed by atoms with Gasteiger partial charge in [0.25, 0.3) is 0 Å². The fourth-order valence-corrected chi connectivity index (χ4v) is 0.693. The second kappa shape index (κ2) is 7.06.